The molecular formula is C20H24N4O4. The Hall–Kier alpha value is -2.58. The predicted molar refractivity (Wildman–Crippen MR) is 103 cm³/mol. The van der Waals surface area contributed by atoms with Crippen molar-refractivity contribution < 1.29 is 18.9 Å². The summed E-state index contributed by atoms with van der Waals surface area (Å²) in [7, 11) is 0. The number of hydrogen-bond acceptors (Lipinski definition) is 8. The summed E-state index contributed by atoms with van der Waals surface area (Å²) >= 11 is 0. The molecule has 5 rings (SSSR count). The van der Waals surface area contributed by atoms with Gasteiger partial charge in [0.05, 0.1) is 13.2 Å². The van der Waals surface area contributed by atoms with Gasteiger partial charge in [0.1, 0.15) is 5.82 Å². The highest BCUT2D eigenvalue weighted by Gasteiger charge is 2.40. The quantitative estimate of drug-likeness (QED) is 0.861. The Balaban J connectivity index is 1.25. The van der Waals surface area contributed by atoms with Gasteiger partial charge >= 0.3 is 0 Å². The maximum absolute atomic E-state index is 5.81. The van der Waals surface area contributed by atoms with E-state index in [4.69, 9.17) is 23.9 Å². The Morgan fingerprint density at radius 1 is 1.04 bits per heavy atom. The van der Waals surface area contributed by atoms with Gasteiger partial charge < -0.3 is 29.2 Å². The second-order valence-corrected chi connectivity index (χ2v) is 7.33. The minimum Gasteiger partial charge on any atom is -0.454 e. The molecule has 2 fully saturated rings. The minimum atomic E-state index is -0.388. The number of aryl methyl sites for hydroxylation is 1. The summed E-state index contributed by atoms with van der Waals surface area (Å²) in [5, 5.41) is 3.40. The molecule has 8 nitrogen and oxygen atoms in total. The SMILES string of the molecule is Cc1cc(NCc2ccc3c(c2)OCO3)nc(N2CCC3(CC2)OCCO3)n1. The third-order valence-corrected chi connectivity index (χ3v) is 5.37. The molecule has 0 radical (unpaired) electrons. The summed E-state index contributed by atoms with van der Waals surface area (Å²) in [4.78, 5) is 11.6. The van der Waals surface area contributed by atoms with Crippen molar-refractivity contribution in [2.75, 3.05) is 43.3 Å². The van der Waals surface area contributed by atoms with Crippen LogP contribution in [-0.4, -0.2) is 48.9 Å². The van der Waals surface area contributed by atoms with E-state index in [0.717, 1.165) is 60.5 Å². The van der Waals surface area contributed by atoms with Crippen LogP contribution in [0.2, 0.25) is 0 Å². The van der Waals surface area contributed by atoms with E-state index in [9.17, 15) is 0 Å². The van der Waals surface area contributed by atoms with Gasteiger partial charge in [-0.25, -0.2) is 4.98 Å². The fourth-order valence-corrected chi connectivity index (χ4v) is 3.86. The number of aromatic nitrogens is 2. The molecule has 0 aliphatic carbocycles. The van der Waals surface area contributed by atoms with Crippen molar-refractivity contribution in [3.05, 3.63) is 35.5 Å². The maximum Gasteiger partial charge on any atom is 0.231 e. The van der Waals surface area contributed by atoms with Crippen LogP contribution in [0.5, 0.6) is 11.5 Å². The summed E-state index contributed by atoms with van der Waals surface area (Å²) in [6, 6.07) is 7.93. The van der Waals surface area contributed by atoms with Gasteiger partial charge in [-0.3, -0.25) is 0 Å². The fourth-order valence-electron chi connectivity index (χ4n) is 3.86. The molecule has 1 aromatic heterocycles. The Kier molecular flexibility index (Phi) is 4.44. The number of nitrogens with one attached hydrogen (secondary N) is 1. The molecule has 2 aromatic rings. The first-order valence-corrected chi connectivity index (χ1v) is 9.70. The van der Waals surface area contributed by atoms with Crippen LogP contribution >= 0.6 is 0 Å². The summed E-state index contributed by atoms with van der Waals surface area (Å²) in [5.74, 6) is 2.76. The molecule has 3 aliphatic heterocycles. The Morgan fingerprint density at radius 2 is 1.82 bits per heavy atom. The van der Waals surface area contributed by atoms with Crippen LogP contribution in [0.25, 0.3) is 0 Å². The van der Waals surface area contributed by atoms with E-state index in [1.807, 2.05) is 31.2 Å². The zero-order valence-electron chi connectivity index (χ0n) is 15.9. The normalized spacial score (nSPS) is 20.0. The third-order valence-electron chi connectivity index (χ3n) is 5.37. The van der Waals surface area contributed by atoms with Crippen molar-refractivity contribution in [2.45, 2.75) is 32.1 Å². The molecule has 0 atom stereocenters. The first-order chi connectivity index (χ1) is 13.7. The molecule has 1 spiro atoms. The minimum absolute atomic E-state index is 0.286. The van der Waals surface area contributed by atoms with Crippen molar-refractivity contribution >= 4 is 11.8 Å². The first kappa shape index (κ1) is 17.5. The zero-order chi connectivity index (χ0) is 19.0. The molecule has 0 unspecified atom stereocenters. The smallest absolute Gasteiger partial charge is 0.231 e. The van der Waals surface area contributed by atoms with E-state index < -0.39 is 0 Å². The number of nitrogens with zero attached hydrogens (tertiary/aromatic N) is 3. The van der Waals surface area contributed by atoms with Gasteiger partial charge in [-0.15, -0.1) is 0 Å². The molecule has 0 saturated carbocycles. The summed E-state index contributed by atoms with van der Waals surface area (Å²) in [6.45, 7) is 5.95. The fraction of sp³-hybridized carbons (Fsp3) is 0.500. The monoisotopic (exact) mass is 384 g/mol. The number of anilines is 2. The van der Waals surface area contributed by atoms with Crippen LogP contribution in [0.4, 0.5) is 11.8 Å². The van der Waals surface area contributed by atoms with Gasteiger partial charge in [-0.05, 0) is 24.6 Å². The molecular weight excluding hydrogens is 360 g/mol. The molecule has 148 valence electrons. The first-order valence-electron chi connectivity index (χ1n) is 9.70. The molecule has 8 heteroatoms. The molecule has 0 amide bonds. The zero-order valence-corrected chi connectivity index (χ0v) is 15.9. The van der Waals surface area contributed by atoms with Crippen LogP contribution < -0.4 is 19.7 Å². The van der Waals surface area contributed by atoms with Crippen molar-refractivity contribution in [1.82, 2.24) is 9.97 Å². The topological polar surface area (TPSA) is 78.0 Å². The lowest BCUT2D eigenvalue weighted by Gasteiger charge is -2.37. The number of rotatable bonds is 4. The number of benzene rings is 1. The second-order valence-electron chi connectivity index (χ2n) is 7.33. The number of fused-ring (bicyclic) bond motifs is 1. The highest BCUT2D eigenvalue weighted by molar-refractivity contribution is 5.47. The third kappa shape index (κ3) is 3.45. The average Bonchev–Trinajstić information content (AvgIpc) is 3.36. The number of piperidine rings is 1. The van der Waals surface area contributed by atoms with Gasteiger partial charge in [0.2, 0.25) is 12.7 Å². The van der Waals surface area contributed by atoms with Crippen LogP contribution in [0.3, 0.4) is 0 Å². The van der Waals surface area contributed by atoms with Crippen LogP contribution in [0, 0.1) is 6.92 Å². The standard InChI is InChI=1S/C20H24N4O4/c1-14-10-18(21-12-15-2-3-16-17(11-15)26-13-25-16)23-19(22-14)24-6-4-20(5-7-24)27-8-9-28-20/h2-3,10-11H,4-9,12-13H2,1H3,(H,21,22,23). The van der Waals surface area contributed by atoms with E-state index in [1.165, 1.54) is 0 Å². The van der Waals surface area contributed by atoms with Gasteiger partial charge in [0, 0.05) is 44.2 Å². The number of ether oxygens (including phenoxy) is 4. The molecule has 2 saturated heterocycles. The summed E-state index contributed by atoms with van der Waals surface area (Å²) in [5.41, 5.74) is 2.05. The summed E-state index contributed by atoms with van der Waals surface area (Å²) < 4.78 is 22.4. The lowest BCUT2D eigenvalue weighted by atomic mass is 10.0. The second kappa shape index (κ2) is 7.10. The molecule has 0 bridgehead atoms. The van der Waals surface area contributed by atoms with Gasteiger partial charge in [0.15, 0.2) is 17.3 Å². The lowest BCUT2D eigenvalue weighted by molar-refractivity contribution is -0.169. The van der Waals surface area contributed by atoms with Crippen molar-refractivity contribution in [2.24, 2.45) is 0 Å². The van der Waals surface area contributed by atoms with Crippen LogP contribution in [0.1, 0.15) is 24.1 Å². The van der Waals surface area contributed by atoms with Crippen molar-refractivity contribution in [1.29, 1.82) is 0 Å². The predicted octanol–water partition coefficient (Wildman–Crippen LogP) is 2.47. The molecule has 4 heterocycles. The van der Waals surface area contributed by atoms with Gasteiger partial charge in [-0.1, -0.05) is 6.07 Å². The Morgan fingerprint density at radius 3 is 2.64 bits per heavy atom. The van der Waals surface area contributed by atoms with E-state index in [2.05, 4.69) is 15.2 Å². The van der Waals surface area contributed by atoms with Crippen molar-refractivity contribution in [3.63, 3.8) is 0 Å². The maximum atomic E-state index is 5.81. The molecule has 1 N–H and O–H groups in total. The van der Waals surface area contributed by atoms with E-state index in [-0.39, 0.29) is 12.6 Å². The van der Waals surface area contributed by atoms with E-state index >= 15 is 0 Å². The molecule has 1 aromatic carbocycles. The van der Waals surface area contributed by atoms with Gasteiger partial charge in [0.25, 0.3) is 0 Å². The Labute approximate surface area is 163 Å². The summed E-state index contributed by atoms with van der Waals surface area (Å²) in [6.07, 6.45) is 1.68. The van der Waals surface area contributed by atoms with E-state index in [1.54, 1.807) is 0 Å². The lowest BCUT2D eigenvalue weighted by Crippen LogP contribution is -2.45. The largest absolute Gasteiger partial charge is 0.454 e. The molecule has 28 heavy (non-hydrogen) atoms. The van der Waals surface area contributed by atoms with Crippen LogP contribution in [-0.2, 0) is 16.0 Å². The van der Waals surface area contributed by atoms with Crippen molar-refractivity contribution in [3.8, 4) is 11.5 Å². The highest BCUT2D eigenvalue weighted by Crippen LogP contribution is 2.34. The average molecular weight is 384 g/mol. The molecule has 3 aliphatic rings. The van der Waals surface area contributed by atoms with Crippen LogP contribution in [0.15, 0.2) is 24.3 Å². The Bertz CT molecular complexity index is 859. The van der Waals surface area contributed by atoms with Gasteiger partial charge in [-0.2, -0.15) is 4.98 Å². The van der Waals surface area contributed by atoms with E-state index in [0.29, 0.717) is 19.8 Å². The highest BCUT2D eigenvalue weighted by atomic mass is 16.7. The number of hydrogen-bond donors (Lipinski definition) is 1.